The minimum atomic E-state index is -2.42. The molecule has 1 aliphatic rings. The minimum Gasteiger partial charge on any atom is -0.396 e. The summed E-state index contributed by atoms with van der Waals surface area (Å²) in [5, 5.41) is 8.58. The zero-order valence-electron chi connectivity index (χ0n) is 9.22. The Bertz CT molecular complexity index is 166. The predicted molar refractivity (Wildman–Crippen MR) is 56.2 cm³/mol. The van der Waals surface area contributed by atoms with E-state index >= 15 is 0 Å². The molecule has 0 aromatic heterocycles. The van der Waals surface area contributed by atoms with Crippen molar-refractivity contribution < 1.29 is 13.9 Å². The van der Waals surface area contributed by atoms with Crippen LogP contribution in [-0.4, -0.2) is 42.2 Å². The summed E-state index contributed by atoms with van der Waals surface area (Å²) in [5.74, 6) is -2.42. The SMILES string of the molecule is OCCCCCCN1CCC(F)(F)CC1. The van der Waals surface area contributed by atoms with Crippen LogP contribution in [-0.2, 0) is 0 Å². The van der Waals surface area contributed by atoms with Gasteiger partial charge in [0.1, 0.15) is 0 Å². The second-order valence-corrected chi connectivity index (χ2v) is 4.34. The van der Waals surface area contributed by atoms with Gasteiger partial charge < -0.3 is 10.0 Å². The van der Waals surface area contributed by atoms with Gasteiger partial charge in [-0.1, -0.05) is 12.8 Å². The standard InChI is InChI=1S/C11H21F2NO/c12-11(13)5-8-14(9-6-11)7-3-1-2-4-10-15/h15H,1-10H2. The summed E-state index contributed by atoms with van der Waals surface area (Å²) in [5.41, 5.74) is 0. The van der Waals surface area contributed by atoms with E-state index in [1.54, 1.807) is 0 Å². The lowest BCUT2D eigenvalue weighted by atomic mass is 10.1. The first-order valence-corrected chi connectivity index (χ1v) is 5.85. The lowest BCUT2D eigenvalue weighted by molar-refractivity contribution is -0.0552. The van der Waals surface area contributed by atoms with E-state index in [4.69, 9.17) is 5.11 Å². The topological polar surface area (TPSA) is 23.5 Å². The Hall–Kier alpha value is -0.220. The summed E-state index contributed by atoms with van der Waals surface area (Å²) in [6.07, 6.45) is 4.09. The van der Waals surface area contributed by atoms with Crippen LogP contribution in [0.3, 0.4) is 0 Å². The lowest BCUT2D eigenvalue weighted by Gasteiger charge is -2.31. The van der Waals surface area contributed by atoms with Gasteiger partial charge in [0.15, 0.2) is 0 Å². The zero-order valence-corrected chi connectivity index (χ0v) is 9.22. The number of halogens is 2. The number of rotatable bonds is 6. The highest BCUT2D eigenvalue weighted by Crippen LogP contribution is 2.27. The molecule has 0 unspecified atom stereocenters. The van der Waals surface area contributed by atoms with Gasteiger partial charge in [0.2, 0.25) is 0 Å². The molecule has 0 amide bonds. The van der Waals surface area contributed by atoms with Crippen molar-refractivity contribution in [1.29, 1.82) is 0 Å². The van der Waals surface area contributed by atoms with Crippen LogP contribution in [0.4, 0.5) is 8.78 Å². The number of piperidine rings is 1. The summed E-state index contributed by atoms with van der Waals surface area (Å²) in [4.78, 5) is 2.12. The maximum atomic E-state index is 12.8. The molecule has 1 aliphatic heterocycles. The first-order chi connectivity index (χ1) is 7.14. The van der Waals surface area contributed by atoms with E-state index in [-0.39, 0.29) is 19.4 Å². The molecule has 0 aromatic rings. The molecule has 90 valence electrons. The third-order valence-electron chi connectivity index (χ3n) is 2.97. The Morgan fingerprint density at radius 1 is 1.00 bits per heavy atom. The molecule has 1 heterocycles. The molecule has 0 aromatic carbocycles. The smallest absolute Gasteiger partial charge is 0.250 e. The van der Waals surface area contributed by atoms with Crippen molar-refractivity contribution in [3.05, 3.63) is 0 Å². The molecule has 4 heteroatoms. The van der Waals surface area contributed by atoms with Crippen molar-refractivity contribution in [2.75, 3.05) is 26.2 Å². The highest BCUT2D eigenvalue weighted by atomic mass is 19.3. The van der Waals surface area contributed by atoms with Crippen LogP contribution in [0.1, 0.15) is 38.5 Å². The second-order valence-electron chi connectivity index (χ2n) is 4.34. The fourth-order valence-corrected chi connectivity index (χ4v) is 1.90. The molecular weight excluding hydrogens is 200 g/mol. The van der Waals surface area contributed by atoms with E-state index in [2.05, 4.69) is 4.90 Å². The average Bonchev–Trinajstić information content (AvgIpc) is 2.20. The highest BCUT2D eigenvalue weighted by molar-refractivity contribution is 4.77. The summed E-state index contributed by atoms with van der Waals surface area (Å²) < 4.78 is 25.6. The molecule has 0 spiro atoms. The van der Waals surface area contributed by atoms with Gasteiger partial charge in [-0.15, -0.1) is 0 Å². The van der Waals surface area contributed by atoms with Gasteiger partial charge in [-0.05, 0) is 19.4 Å². The number of aliphatic hydroxyl groups is 1. The number of hydrogen-bond acceptors (Lipinski definition) is 2. The lowest BCUT2D eigenvalue weighted by Crippen LogP contribution is -2.39. The fraction of sp³-hybridized carbons (Fsp3) is 1.00. The third kappa shape index (κ3) is 5.42. The van der Waals surface area contributed by atoms with Gasteiger partial charge in [0.05, 0.1) is 0 Å². The first-order valence-electron chi connectivity index (χ1n) is 5.85. The maximum Gasteiger partial charge on any atom is 0.250 e. The Kier molecular flexibility index (Phi) is 5.47. The van der Waals surface area contributed by atoms with Crippen LogP contribution >= 0.6 is 0 Å². The number of alkyl halides is 2. The average molecular weight is 221 g/mol. The summed E-state index contributed by atoms with van der Waals surface area (Å²) in [6, 6.07) is 0. The maximum absolute atomic E-state index is 12.8. The fourth-order valence-electron chi connectivity index (χ4n) is 1.90. The molecule has 2 nitrogen and oxygen atoms in total. The molecule has 1 fully saturated rings. The Morgan fingerprint density at radius 3 is 2.20 bits per heavy atom. The number of unbranched alkanes of at least 4 members (excludes halogenated alkanes) is 3. The van der Waals surface area contributed by atoms with Crippen molar-refractivity contribution in [1.82, 2.24) is 4.90 Å². The third-order valence-corrected chi connectivity index (χ3v) is 2.97. The van der Waals surface area contributed by atoms with Gasteiger partial charge in [-0.2, -0.15) is 0 Å². The van der Waals surface area contributed by atoms with E-state index in [0.717, 1.165) is 32.2 Å². The Labute approximate surface area is 90.3 Å². The van der Waals surface area contributed by atoms with Crippen molar-refractivity contribution >= 4 is 0 Å². The molecule has 15 heavy (non-hydrogen) atoms. The summed E-state index contributed by atoms with van der Waals surface area (Å²) >= 11 is 0. The van der Waals surface area contributed by atoms with Crippen LogP contribution < -0.4 is 0 Å². The van der Waals surface area contributed by atoms with Crippen molar-refractivity contribution in [2.45, 2.75) is 44.4 Å². The summed E-state index contributed by atoms with van der Waals surface area (Å²) in [7, 11) is 0. The predicted octanol–water partition coefficient (Wildman–Crippen LogP) is 2.27. The minimum absolute atomic E-state index is 0.0175. The van der Waals surface area contributed by atoms with E-state index in [9.17, 15) is 8.78 Å². The molecule has 1 N–H and O–H groups in total. The summed E-state index contributed by atoms with van der Waals surface area (Å²) in [6.45, 7) is 2.26. The normalized spacial score (nSPS) is 21.8. The second kappa shape index (κ2) is 6.38. The van der Waals surface area contributed by atoms with Gasteiger partial charge in [-0.3, -0.25) is 0 Å². The number of aliphatic hydroxyl groups excluding tert-OH is 1. The molecule has 0 saturated carbocycles. The van der Waals surface area contributed by atoms with Gasteiger partial charge in [0.25, 0.3) is 5.92 Å². The number of hydrogen-bond donors (Lipinski definition) is 1. The van der Waals surface area contributed by atoms with Crippen molar-refractivity contribution in [3.8, 4) is 0 Å². The molecule has 0 radical (unpaired) electrons. The number of likely N-dealkylation sites (tertiary alicyclic amines) is 1. The van der Waals surface area contributed by atoms with Crippen molar-refractivity contribution in [2.24, 2.45) is 0 Å². The first kappa shape index (κ1) is 12.8. The zero-order chi connectivity index (χ0) is 11.1. The quantitative estimate of drug-likeness (QED) is 0.695. The van der Waals surface area contributed by atoms with E-state index in [1.807, 2.05) is 0 Å². The Balaban J connectivity index is 1.99. The van der Waals surface area contributed by atoms with Crippen LogP contribution in [0.5, 0.6) is 0 Å². The van der Waals surface area contributed by atoms with Crippen LogP contribution in [0.2, 0.25) is 0 Å². The molecule has 0 atom stereocenters. The highest BCUT2D eigenvalue weighted by Gasteiger charge is 2.33. The van der Waals surface area contributed by atoms with E-state index in [0.29, 0.717) is 13.1 Å². The van der Waals surface area contributed by atoms with Crippen LogP contribution in [0, 0.1) is 0 Å². The van der Waals surface area contributed by atoms with Gasteiger partial charge >= 0.3 is 0 Å². The van der Waals surface area contributed by atoms with E-state index in [1.165, 1.54) is 0 Å². The molecular formula is C11H21F2NO. The van der Waals surface area contributed by atoms with Crippen LogP contribution in [0.15, 0.2) is 0 Å². The monoisotopic (exact) mass is 221 g/mol. The number of nitrogens with zero attached hydrogens (tertiary/aromatic N) is 1. The largest absolute Gasteiger partial charge is 0.396 e. The van der Waals surface area contributed by atoms with Gasteiger partial charge in [-0.25, -0.2) is 8.78 Å². The molecule has 0 bridgehead atoms. The molecule has 1 rings (SSSR count). The van der Waals surface area contributed by atoms with Crippen LogP contribution in [0.25, 0.3) is 0 Å². The Morgan fingerprint density at radius 2 is 1.60 bits per heavy atom. The molecule has 1 saturated heterocycles. The van der Waals surface area contributed by atoms with Gasteiger partial charge in [0, 0.05) is 32.5 Å². The molecule has 0 aliphatic carbocycles. The van der Waals surface area contributed by atoms with Crippen molar-refractivity contribution in [3.63, 3.8) is 0 Å². The van der Waals surface area contributed by atoms with E-state index < -0.39 is 5.92 Å².